The Hall–Kier alpha value is -1.21. The molecule has 1 aromatic heterocycles. The van der Waals surface area contributed by atoms with E-state index in [-0.39, 0.29) is 0 Å². The van der Waals surface area contributed by atoms with Gasteiger partial charge in [-0.05, 0) is 81.5 Å². The van der Waals surface area contributed by atoms with Crippen molar-refractivity contribution in [2.24, 2.45) is 11.3 Å². The second-order valence-electron chi connectivity index (χ2n) is 9.81. The third kappa shape index (κ3) is 3.80. The van der Waals surface area contributed by atoms with E-state index < -0.39 is 6.41 Å². The summed E-state index contributed by atoms with van der Waals surface area (Å²) in [6.45, 7) is 5.63. The molecule has 1 saturated carbocycles. The summed E-state index contributed by atoms with van der Waals surface area (Å²) in [7, 11) is 1.59. The Morgan fingerprint density at radius 1 is 1.14 bits per heavy atom. The molecule has 3 aliphatic heterocycles. The molecule has 3 saturated heterocycles. The molecule has 0 amide bonds. The van der Waals surface area contributed by atoms with Crippen LogP contribution >= 0.6 is 0 Å². The lowest BCUT2D eigenvalue weighted by atomic mass is 9.64. The fourth-order valence-electron chi connectivity index (χ4n) is 6.60. The summed E-state index contributed by atoms with van der Waals surface area (Å²) in [6.07, 6.45) is 10.3. The lowest BCUT2D eigenvalue weighted by Crippen LogP contribution is -2.55. The molecule has 4 fully saturated rings. The number of aliphatic hydroxyl groups is 1. The molecular weight excluding hydrogens is 364 g/mol. The van der Waals surface area contributed by atoms with Gasteiger partial charge in [0.1, 0.15) is 5.82 Å². The Labute approximate surface area is 174 Å². The lowest BCUT2D eigenvalue weighted by molar-refractivity contribution is -0.174. The second-order valence-corrected chi connectivity index (χ2v) is 9.81. The number of hydrogen-bond acceptors (Lipinski definition) is 6. The first kappa shape index (κ1) is 19.7. The fraction of sp³-hybridized carbons (Fsp3) is 0.783. The molecule has 6 heteroatoms. The number of ether oxygens (including phenoxy) is 1. The number of anilines is 1. The van der Waals surface area contributed by atoms with Crippen LogP contribution in [-0.4, -0.2) is 78.2 Å². The van der Waals surface area contributed by atoms with Crippen LogP contribution in [0.25, 0.3) is 0 Å². The zero-order valence-corrected chi connectivity index (χ0v) is 17.7. The molecule has 160 valence electrons. The van der Waals surface area contributed by atoms with Crippen LogP contribution in [0.1, 0.15) is 44.9 Å². The highest BCUT2D eigenvalue weighted by Gasteiger charge is 2.51. The van der Waals surface area contributed by atoms with Crippen molar-refractivity contribution in [2.45, 2.75) is 63.4 Å². The van der Waals surface area contributed by atoms with Crippen molar-refractivity contribution in [2.75, 3.05) is 44.7 Å². The number of rotatable bonds is 5. The highest BCUT2D eigenvalue weighted by atomic mass is 16.6. The maximum Gasteiger partial charge on any atom is 0.215 e. The Bertz CT molecular complexity index is 673. The predicted molar refractivity (Wildman–Crippen MR) is 114 cm³/mol. The van der Waals surface area contributed by atoms with Crippen LogP contribution in [0, 0.1) is 11.3 Å². The lowest BCUT2D eigenvalue weighted by Gasteiger charge is -2.52. The van der Waals surface area contributed by atoms with E-state index in [2.05, 4.69) is 31.8 Å². The van der Waals surface area contributed by atoms with Gasteiger partial charge in [-0.15, -0.1) is 0 Å². The highest BCUT2D eigenvalue weighted by molar-refractivity contribution is 5.40. The average molecular weight is 401 g/mol. The van der Waals surface area contributed by atoms with E-state index in [4.69, 9.17) is 4.74 Å². The summed E-state index contributed by atoms with van der Waals surface area (Å²) in [6, 6.07) is 7.73. The van der Waals surface area contributed by atoms with Gasteiger partial charge in [0.15, 0.2) is 0 Å². The van der Waals surface area contributed by atoms with Gasteiger partial charge in [-0.3, -0.25) is 4.90 Å². The van der Waals surface area contributed by atoms with Crippen LogP contribution in [0.15, 0.2) is 24.4 Å². The fourth-order valence-corrected chi connectivity index (χ4v) is 6.60. The second kappa shape index (κ2) is 8.14. The number of piperidine rings is 1. The first-order chi connectivity index (χ1) is 14.2. The molecule has 29 heavy (non-hydrogen) atoms. The maximum atomic E-state index is 9.95. The molecule has 0 bridgehead atoms. The van der Waals surface area contributed by atoms with Crippen LogP contribution in [0.5, 0.6) is 0 Å². The molecular formula is C23H36N4O2. The normalized spacial score (nSPS) is 35.3. The Kier molecular flexibility index (Phi) is 5.54. The van der Waals surface area contributed by atoms with Gasteiger partial charge in [-0.2, -0.15) is 0 Å². The molecule has 0 radical (unpaired) electrons. The summed E-state index contributed by atoms with van der Waals surface area (Å²) in [4.78, 5) is 12.1. The molecule has 1 spiro atoms. The number of methoxy groups -OCH3 is 1. The summed E-state index contributed by atoms with van der Waals surface area (Å²) >= 11 is 0. The quantitative estimate of drug-likeness (QED) is 0.767. The largest absolute Gasteiger partial charge is 0.356 e. The molecule has 1 aromatic rings. The van der Waals surface area contributed by atoms with Gasteiger partial charge in [0.05, 0.1) is 0 Å². The number of aliphatic hydroxyl groups excluding tert-OH is 1. The van der Waals surface area contributed by atoms with Crippen LogP contribution in [0.4, 0.5) is 5.82 Å². The van der Waals surface area contributed by atoms with Crippen molar-refractivity contribution in [3.8, 4) is 0 Å². The van der Waals surface area contributed by atoms with E-state index in [1.807, 2.05) is 12.3 Å². The molecule has 2 atom stereocenters. The third-order valence-corrected chi connectivity index (χ3v) is 8.21. The number of likely N-dealkylation sites (tertiary alicyclic amines) is 2. The van der Waals surface area contributed by atoms with Gasteiger partial charge >= 0.3 is 0 Å². The molecule has 0 aromatic carbocycles. The minimum atomic E-state index is -0.724. The number of aromatic nitrogens is 1. The molecule has 5 rings (SSSR count). The van der Waals surface area contributed by atoms with Crippen LogP contribution < -0.4 is 4.90 Å². The standard InChI is InChI=1S/C23H36N4O2/c1-29-22(28)26-14-9-23(17-26)15-19(16-23)25-12-7-18(8-13-25)20-5-4-11-27(20)21-6-2-3-10-24-21/h2-3,6,10,18-20,22,28H,4-5,7-9,11-17H2,1H3/t19?,20-,22?,23?/m0/s1. The first-order valence-corrected chi connectivity index (χ1v) is 11.5. The third-order valence-electron chi connectivity index (χ3n) is 8.21. The van der Waals surface area contributed by atoms with Crippen molar-refractivity contribution >= 4 is 5.82 Å². The van der Waals surface area contributed by atoms with Crippen molar-refractivity contribution in [3.63, 3.8) is 0 Å². The highest BCUT2D eigenvalue weighted by Crippen LogP contribution is 2.51. The summed E-state index contributed by atoms with van der Waals surface area (Å²) in [5, 5.41) is 9.95. The Morgan fingerprint density at radius 3 is 2.69 bits per heavy atom. The zero-order chi connectivity index (χ0) is 19.8. The van der Waals surface area contributed by atoms with E-state index in [0.29, 0.717) is 11.5 Å². The summed E-state index contributed by atoms with van der Waals surface area (Å²) < 4.78 is 5.10. The molecule has 4 heterocycles. The van der Waals surface area contributed by atoms with E-state index in [0.717, 1.165) is 31.6 Å². The van der Waals surface area contributed by atoms with E-state index in [1.165, 1.54) is 63.9 Å². The van der Waals surface area contributed by atoms with E-state index >= 15 is 0 Å². The molecule has 4 aliphatic rings. The molecule has 1 unspecified atom stereocenters. The van der Waals surface area contributed by atoms with E-state index in [9.17, 15) is 5.11 Å². The van der Waals surface area contributed by atoms with Crippen molar-refractivity contribution in [3.05, 3.63) is 24.4 Å². The number of nitrogens with zero attached hydrogens (tertiary/aromatic N) is 4. The maximum absolute atomic E-state index is 9.95. The minimum absolute atomic E-state index is 0.433. The number of pyridine rings is 1. The average Bonchev–Trinajstić information content (AvgIpc) is 3.41. The minimum Gasteiger partial charge on any atom is -0.356 e. The van der Waals surface area contributed by atoms with Gasteiger partial charge in [0, 0.05) is 45.0 Å². The molecule has 6 nitrogen and oxygen atoms in total. The van der Waals surface area contributed by atoms with Crippen LogP contribution in [-0.2, 0) is 4.74 Å². The van der Waals surface area contributed by atoms with E-state index in [1.54, 1.807) is 7.11 Å². The SMILES string of the molecule is COC(O)N1CCC2(CC(N3CCC([C@@H]4CCCN4c4ccccn4)CC3)C2)C1. The van der Waals surface area contributed by atoms with Gasteiger partial charge in [-0.1, -0.05) is 6.07 Å². The van der Waals surface area contributed by atoms with Gasteiger partial charge in [0.25, 0.3) is 0 Å². The molecule has 1 N–H and O–H groups in total. The summed E-state index contributed by atoms with van der Waals surface area (Å²) in [5.74, 6) is 1.98. The molecule has 1 aliphatic carbocycles. The van der Waals surface area contributed by atoms with Crippen LogP contribution in [0.2, 0.25) is 0 Å². The smallest absolute Gasteiger partial charge is 0.215 e. The predicted octanol–water partition coefficient (Wildman–Crippen LogP) is 2.54. The zero-order valence-electron chi connectivity index (χ0n) is 17.7. The Balaban J connectivity index is 1.12. The van der Waals surface area contributed by atoms with Gasteiger partial charge in [0.2, 0.25) is 6.41 Å². The van der Waals surface area contributed by atoms with Crippen LogP contribution in [0.3, 0.4) is 0 Å². The monoisotopic (exact) mass is 400 g/mol. The van der Waals surface area contributed by atoms with Gasteiger partial charge < -0.3 is 19.6 Å². The van der Waals surface area contributed by atoms with Crippen molar-refractivity contribution in [1.29, 1.82) is 0 Å². The van der Waals surface area contributed by atoms with Crippen molar-refractivity contribution < 1.29 is 9.84 Å². The summed E-state index contributed by atoms with van der Waals surface area (Å²) in [5.41, 5.74) is 0.433. The topological polar surface area (TPSA) is 52.1 Å². The van der Waals surface area contributed by atoms with Crippen molar-refractivity contribution in [1.82, 2.24) is 14.8 Å². The number of hydrogen-bond donors (Lipinski definition) is 1. The Morgan fingerprint density at radius 2 is 1.97 bits per heavy atom. The van der Waals surface area contributed by atoms with Gasteiger partial charge in [-0.25, -0.2) is 4.98 Å². The first-order valence-electron chi connectivity index (χ1n) is 11.5.